The van der Waals surface area contributed by atoms with Crippen molar-refractivity contribution in [1.82, 2.24) is 14.5 Å². The number of hydrogen-bond acceptors (Lipinski definition) is 4. The first-order chi connectivity index (χ1) is 12.8. The molecule has 8 heteroatoms. The van der Waals surface area contributed by atoms with E-state index >= 15 is 0 Å². The van der Waals surface area contributed by atoms with Gasteiger partial charge in [0.2, 0.25) is 21.8 Å². The first-order valence-electron chi connectivity index (χ1n) is 9.51. The van der Waals surface area contributed by atoms with E-state index in [2.05, 4.69) is 19.2 Å². The second-order valence-corrected chi connectivity index (χ2v) is 9.20. The molecule has 0 aliphatic carbocycles. The second kappa shape index (κ2) is 7.98. The summed E-state index contributed by atoms with van der Waals surface area (Å²) >= 11 is 0. The van der Waals surface area contributed by atoms with Crippen molar-refractivity contribution in [2.45, 2.75) is 50.0 Å². The molecule has 2 fully saturated rings. The number of sulfonamides is 1. The average molecular weight is 394 g/mol. The summed E-state index contributed by atoms with van der Waals surface area (Å²) in [6.45, 7) is 5.44. The van der Waals surface area contributed by atoms with Crippen LogP contribution in [0, 0.1) is 0 Å². The van der Waals surface area contributed by atoms with E-state index in [0.29, 0.717) is 31.8 Å². The average Bonchev–Trinajstić information content (AvgIpc) is 3.13. The van der Waals surface area contributed by atoms with Crippen LogP contribution in [0.2, 0.25) is 0 Å². The number of piperazine rings is 1. The van der Waals surface area contributed by atoms with Crippen molar-refractivity contribution in [2.75, 3.05) is 26.2 Å². The molecule has 148 valence electrons. The summed E-state index contributed by atoms with van der Waals surface area (Å²) < 4.78 is 27.2. The maximum Gasteiger partial charge on any atom is 0.245 e. The van der Waals surface area contributed by atoms with E-state index < -0.39 is 16.1 Å². The van der Waals surface area contributed by atoms with E-state index in [-0.39, 0.29) is 29.8 Å². The number of hydrogen-bond donors (Lipinski definition) is 1. The fraction of sp³-hybridized carbons (Fsp3) is 0.579. The van der Waals surface area contributed by atoms with Gasteiger partial charge in [0.1, 0.15) is 6.04 Å². The SMILES string of the molecule is CC[C@H](C)c1ccc(S(=O)(=O)N2CCN(C(=O)[C@H]3CCC(=O)N3)CC2)cc1. The van der Waals surface area contributed by atoms with E-state index in [1.807, 2.05) is 12.1 Å². The van der Waals surface area contributed by atoms with E-state index in [4.69, 9.17) is 0 Å². The molecular weight excluding hydrogens is 366 g/mol. The van der Waals surface area contributed by atoms with Crippen LogP contribution in [-0.2, 0) is 19.6 Å². The van der Waals surface area contributed by atoms with Crippen molar-refractivity contribution >= 4 is 21.8 Å². The molecule has 0 radical (unpaired) electrons. The number of rotatable bonds is 5. The zero-order valence-corrected chi connectivity index (χ0v) is 16.7. The van der Waals surface area contributed by atoms with Crippen LogP contribution in [0.4, 0.5) is 0 Å². The van der Waals surface area contributed by atoms with Crippen LogP contribution >= 0.6 is 0 Å². The van der Waals surface area contributed by atoms with E-state index in [1.165, 1.54) is 4.31 Å². The van der Waals surface area contributed by atoms with Gasteiger partial charge < -0.3 is 10.2 Å². The van der Waals surface area contributed by atoms with Gasteiger partial charge in [-0.1, -0.05) is 26.0 Å². The van der Waals surface area contributed by atoms with Gasteiger partial charge in [-0.2, -0.15) is 4.31 Å². The molecule has 1 aromatic rings. The smallest absolute Gasteiger partial charge is 0.245 e. The minimum Gasteiger partial charge on any atom is -0.344 e. The summed E-state index contributed by atoms with van der Waals surface area (Å²) in [6.07, 6.45) is 1.89. The lowest BCUT2D eigenvalue weighted by molar-refractivity contribution is -0.135. The van der Waals surface area contributed by atoms with Crippen LogP contribution in [-0.4, -0.2) is 61.7 Å². The lowest BCUT2D eigenvalue weighted by Crippen LogP contribution is -2.54. The number of nitrogens with one attached hydrogen (secondary N) is 1. The van der Waals surface area contributed by atoms with Crippen molar-refractivity contribution in [1.29, 1.82) is 0 Å². The first-order valence-corrected chi connectivity index (χ1v) is 10.9. The van der Waals surface area contributed by atoms with Crippen LogP contribution in [0.25, 0.3) is 0 Å². The molecular formula is C19H27N3O4S. The molecule has 0 spiro atoms. The second-order valence-electron chi connectivity index (χ2n) is 7.27. The fourth-order valence-corrected chi connectivity index (χ4v) is 4.94. The lowest BCUT2D eigenvalue weighted by Gasteiger charge is -2.35. The number of nitrogens with zero attached hydrogens (tertiary/aromatic N) is 2. The predicted molar refractivity (Wildman–Crippen MR) is 102 cm³/mol. The predicted octanol–water partition coefficient (Wildman–Crippen LogP) is 1.31. The van der Waals surface area contributed by atoms with Crippen LogP contribution in [0.1, 0.15) is 44.6 Å². The number of amides is 2. The Balaban J connectivity index is 1.62. The monoisotopic (exact) mass is 393 g/mol. The zero-order chi connectivity index (χ0) is 19.6. The molecule has 2 amide bonds. The molecule has 27 heavy (non-hydrogen) atoms. The molecule has 2 aliphatic heterocycles. The third-order valence-electron chi connectivity index (χ3n) is 5.54. The van der Waals surface area contributed by atoms with Gasteiger partial charge in [-0.3, -0.25) is 9.59 Å². The highest BCUT2D eigenvalue weighted by atomic mass is 32.2. The zero-order valence-electron chi connectivity index (χ0n) is 15.8. The number of carbonyl (C=O) groups is 2. The highest BCUT2D eigenvalue weighted by Gasteiger charge is 2.35. The highest BCUT2D eigenvalue weighted by Crippen LogP contribution is 2.23. The van der Waals surface area contributed by atoms with Crippen LogP contribution < -0.4 is 5.32 Å². The van der Waals surface area contributed by atoms with Crippen LogP contribution in [0.5, 0.6) is 0 Å². The summed E-state index contributed by atoms with van der Waals surface area (Å²) in [7, 11) is -3.56. The van der Waals surface area contributed by atoms with E-state index in [1.54, 1.807) is 17.0 Å². The third-order valence-corrected chi connectivity index (χ3v) is 7.46. The lowest BCUT2D eigenvalue weighted by atomic mass is 9.99. The van der Waals surface area contributed by atoms with Crippen molar-refractivity contribution in [3.05, 3.63) is 29.8 Å². The first kappa shape index (κ1) is 19.8. The fourth-order valence-electron chi connectivity index (χ4n) is 3.52. The Kier molecular flexibility index (Phi) is 5.86. The largest absolute Gasteiger partial charge is 0.344 e. The van der Waals surface area contributed by atoms with Crippen molar-refractivity contribution in [3.8, 4) is 0 Å². The molecule has 0 saturated carbocycles. The molecule has 7 nitrogen and oxygen atoms in total. The van der Waals surface area contributed by atoms with Crippen LogP contribution in [0.15, 0.2) is 29.2 Å². The van der Waals surface area contributed by atoms with Crippen molar-refractivity contribution in [3.63, 3.8) is 0 Å². The van der Waals surface area contributed by atoms with Crippen molar-refractivity contribution < 1.29 is 18.0 Å². The maximum atomic E-state index is 12.9. The van der Waals surface area contributed by atoms with E-state index in [9.17, 15) is 18.0 Å². The van der Waals surface area contributed by atoms with Gasteiger partial charge >= 0.3 is 0 Å². The molecule has 0 aromatic heterocycles. The minimum absolute atomic E-state index is 0.101. The van der Waals surface area contributed by atoms with E-state index in [0.717, 1.165) is 12.0 Å². The Labute approximate surface area is 160 Å². The molecule has 0 bridgehead atoms. The molecule has 1 N–H and O–H groups in total. The minimum atomic E-state index is -3.56. The van der Waals surface area contributed by atoms with Crippen LogP contribution in [0.3, 0.4) is 0 Å². The Morgan fingerprint density at radius 2 is 1.81 bits per heavy atom. The summed E-state index contributed by atoms with van der Waals surface area (Å²) in [4.78, 5) is 25.7. The van der Waals surface area contributed by atoms with Gasteiger partial charge in [0.05, 0.1) is 4.90 Å². The number of benzene rings is 1. The summed E-state index contributed by atoms with van der Waals surface area (Å²) in [6, 6.07) is 6.63. The molecule has 2 saturated heterocycles. The standard InChI is InChI=1S/C19H27N3O4S/c1-3-14(2)15-4-6-16(7-5-15)27(25,26)22-12-10-21(11-13-22)19(24)17-8-9-18(23)20-17/h4-7,14,17H,3,8-13H2,1-2H3,(H,20,23)/t14-,17+/m0/s1. The summed E-state index contributed by atoms with van der Waals surface area (Å²) in [5, 5.41) is 2.68. The highest BCUT2D eigenvalue weighted by molar-refractivity contribution is 7.89. The van der Waals surface area contributed by atoms with Crippen molar-refractivity contribution in [2.24, 2.45) is 0 Å². The van der Waals surface area contributed by atoms with Gasteiger partial charge in [0, 0.05) is 32.6 Å². The summed E-state index contributed by atoms with van der Waals surface area (Å²) in [5.74, 6) is 0.179. The molecule has 0 unspecified atom stereocenters. The van der Waals surface area contributed by atoms with Gasteiger partial charge in [-0.25, -0.2) is 8.42 Å². The normalized spacial score (nSPS) is 22.5. The molecule has 1 aromatic carbocycles. The Morgan fingerprint density at radius 1 is 1.19 bits per heavy atom. The number of carbonyl (C=O) groups excluding carboxylic acids is 2. The van der Waals surface area contributed by atoms with Gasteiger partial charge in [-0.15, -0.1) is 0 Å². The van der Waals surface area contributed by atoms with Gasteiger partial charge in [0.15, 0.2) is 0 Å². The van der Waals surface area contributed by atoms with Gasteiger partial charge in [0.25, 0.3) is 0 Å². The topological polar surface area (TPSA) is 86.8 Å². The maximum absolute atomic E-state index is 12.9. The Morgan fingerprint density at radius 3 is 2.33 bits per heavy atom. The quantitative estimate of drug-likeness (QED) is 0.817. The molecule has 3 rings (SSSR count). The Hall–Kier alpha value is -1.93. The molecule has 2 aliphatic rings. The molecule has 2 heterocycles. The third kappa shape index (κ3) is 4.16. The van der Waals surface area contributed by atoms with Gasteiger partial charge in [-0.05, 0) is 36.5 Å². The Bertz CT molecular complexity index is 799. The summed E-state index contributed by atoms with van der Waals surface area (Å²) in [5.41, 5.74) is 1.13. The molecule has 2 atom stereocenters.